The van der Waals surface area contributed by atoms with Crippen LogP contribution in [0.15, 0.2) is 66.9 Å². The van der Waals surface area contributed by atoms with E-state index < -0.39 is 0 Å². The number of benzene rings is 2. The standard InChI is InChI=1S/C23H20N2O2/c1-17(26)27-20-12-9-18(10-13-20)8-11-19-5-4-6-22-21(19)14-16-25(22)23-7-2-3-15-24-23/h2-13,15H,14,16H2,1H3/b11-8+. The third kappa shape index (κ3) is 3.75. The highest BCUT2D eigenvalue weighted by Crippen LogP contribution is 2.35. The summed E-state index contributed by atoms with van der Waals surface area (Å²) in [5.74, 6) is 1.24. The van der Waals surface area contributed by atoms with E-state index in [0.717, 1.165) is 24.3 Å². The van der Waals surface area contributed by atoms with Crippen LogP contribution in [0.4, 0.5) is 11.5 Å². The minimum absolute atomic E-state index is 0.310. The smallest absolute Gasteiger partial charge is 0.308 e. The Bertz CT molecular complexity index is 979. The first-order valence-electron chi connectivity index (χ1n) is 8.98. The molecule has 4 rings (SSSR count). The van der Waals surface area contributed by atoms with E-state index >= 15 is 0 Å². The van der Waals surface area contributed by atoms with E-state index in [4.69, 9.17) is 4.74 Å². The van der Waals surface area contributed by atoms with Crippen LogP contribution in [0.3, 0.4) is 0 Å². The Balaban J connectivity index is 1.56. The number of anilines is 2. The highest BCUT2D eigenvalue weighted by Gasteiger charge is 2.22. The summed E-state index contributed by atoms with van der Waals surface area (Å²) >= 11 is 0. The molecule has 0 atom stereocenters. The van der Waals surface area contributed by atoms with Crippen molar-refractivity contribution in [1.82, 2.24) is 4.98 Å². The van der Waals surface area contributed by atoms with E-state index in [-0.39, 0.29) is 5.97 Å². The SMILES string of the molecule is CC(=O)Oc1ccc(/C=C/c2cccc3c2CCN3c2ccccn2)cc1. The van der Waals surface area contributed by atoms with Crippen molar-refractivity contribution in [3.05, 3.63) is 83.6 Å². The van der Waals surface area contributed by atoms with Gasteiger partial charge in [0.15, 0.2) is 0 Å². The van der Waals surface area contributed by atoms with Gasteiger partial charge in [0.05, 0.1) is 0 Å². The van der Waals surface area contributed by atoms with Crippen LogP contribution in [0.25, 0.3) is 12.2 Å². The quantitative estimate of drug-likeness (QED) is 0.380. The summed E-state index contributed by atoms with van der Waals surface area (Å²) in [5.41, 5.74) is 4.84. The molecule has 0 saturated carbocycles. The van der Waals surface area contributed by atoms with Crippen molar-refractivity contribution < 1.29 is 9.53 Å². The number of hydrogen-bond donors (Lipinski definition) is 0. The lowest BCUT2D eigenvalue weighted by molar-refractivity contribution is -0.131. The first-order chi connectivity index (χ1) is 13.2. The van der Waals surface area contributed by atoms with Crippen molar-refractivity contribution in [3.8, 4) is 5.75 Å². The monoisotopic (exact) mass is 356 g/mol. The van der Waals surface area contributed by atoms with Gasteiger partial charge in [0, 0.05) is 25.4 Å². The summed E-state index contributed by atoms with van der Waals surface area (Å²) in [7, 11) is 0. The Morgan fingerprint density at radius 3 is 2.63 bits per heavy atom. The van der Waals surface area contributed by atoms with Gasteiger partial charge in [0.1, 0.15) is 11.6 Å². The number of ether oxygens (including phenoxy) is 1. The van der Waals surface area contributed by atoms with Gasteiger partial charge in [-0.15, -0.1) is 0 Å². The fraction of sp³-hybridized carbons (Fsp3) is 0.130. The zero-order chi connectivity index (χ0) is 18.6. The average molecular weight is 356 g/mol. The maximum Gasteiger partial charge on any atom is 0.308 e. The van der Waals surface area contributed by atoms with Crippen LogP contribution < -0.4 is 9.64 Å². The van der Waals surface area contributed by atoms with Crippen molar-refractivity contribution >= 4 is 29.6 Å². The molecule has 27 heavy (non-hydrogen) atoms. The van der Waals surface area contributed by atoms with Gasteiger partial charge < -0.3 is 9.64 Å². The molecule has 2 heterocycles. The molecule has 4 heteroatoms. The number of rotatable bonds is 4. The maximum absolute atomic E-state index is 11.0. The number of fused-ring (bicyclic) bond motifs is 1. The highest BCUT2D eigenvalue weighted by molar-refractivity contribution is 5.78. The Hall–Kier alpha value is -3.40. The molecule has 0 saturated heterocycles. The Labute approximate surface area is 158 Å². The molecular formula is C23H20N2O2. The number of aromatic nitrogens is 1. The summed E-state index contributed by atoms with van der Waals surface area (Å²) in [6.45, 7) is 2.34. The Morgan fingerprint density at radius 1 is 1.04 bits per heavy atom. The second-order valence-corrected chi connectivity index (χ2v) is 6.43. The summed E-state index contributed by atoms with van der Waals surface area (Å²) in [5, 5.41) is 0. The summed E-state index contributed by atoms with van der Waals surface area (Å²) < 4.78 is 5.07. The maximum atomic E-state index is 11.0. The van der Waals surface area contributed by atoms with E-state index in [1.165, 1.54) is 23.7 Å². The fourth-order valence-corrected chi connectivity index (χ4v) is 3.37. The zero-order valence-corrected chi connectivity index (χ0v) is 15.1. The van der Waals surface area contributed by atoms with Crippen molar-refractivity contribution in [3.63, 3.8) is 0 Å². The van der Waals surface area contributed by atoms with Gasteiger partial charge >= 0.3 is 5.97 Å². The molecule has 1 aliphatic rings. The lowest BCUT2D eigenvalue weighted by Gasteiger charge is -2.18. The minimum atomic E-state index is -0.310. The third-order valence-electron chi connectivity index (χ3n) is 4.59. The van der Waals surface area contributed by atoms with Crippen LogP contribution in [-0.2, 0) is 11.2 Å². The summed E-state index contributed by atoms with van der Waals surface area (Å²) in [6, 6.07) is 19.9. The van der Waals surface area contributed by atoms with E-state index in [0.29, 0.717) is 5.75 Å². The molecule has 0 amide bonds. The zero-order valence-electron chi connectivity index (χ0n) is 15.1. The van der Waals surface area contributed by atoms with E-state index in [2.05, 4.69) is 40.2 Å². The molecule has 1 aliphatic heterocycles. The average Bonchev–Trinajstić information content (AvgIpc) is 3.12. The molecule has 0 spiro atoms. The van der Waals surface area contributed by atoms with Gasteiger partial charge in [-0.05, 0) is 53.4 Å². The molecule has 2 aromatic carbocycles. The van der Waals surface area contributed by atoms with E-state index in [1.807, 2.05) is 36.5 Å². The van der Waals surface area contributed by atoms with Gasteiger partial charge in [-0.3, -0.25) is 4.79 Å². The molecule has 0 N–H and O–H groups in total. The van der Waals surface area contributed by atoms with Gasteiger partial charge in [0.25, 0.3) is 0 Å². The molecule has 4 nitrogen and oxygen atoms in total. The van der Waals surface area contributed by atoms with Crippen LogP contribution in [0.5, 0.6) is 5.75 Å². The second-order valence-electron chi connectivity index (χ2n) is 6.43. The van der Waals surface area contributed by atoms with Gasteiger partial charge in [-0.25, -0.2) is 4.98 Å². The van der Waals surface area contributed by atoms with Gasteiger partial charge in [0.2, 0.25) is 0 Å². The van der Waals surface area contributed by atoms with Gasteiger partial charge in [-0.1, -0.05) is 42.5 Å². The lowest BCUT2D eigenvalue weighted by atomic mass is 10.0. The number of carbonyl (C=O) groups is 1. The van der Waals surface area contributed by atoms with Crippen LogP contribution in [0.2, 0.25) is 0 Å². The Morgan fingerprint density at radius 2 is 1.89 bits per heavy atom. The predicted octanol–water partition coefficient (Wildman–Crippen LogP) is 4.87. The third-order valence-corrected chi connectivity index (χ3v) is 4.59. The molecule has 3 aromatic rings. The summed E-state index contributed by atoms with van der Waals surface area (Å²) in [6.07, 6.45) is 7.05. The van der Waals surface area contributed by atoms with Crippen LogP contribution >= 0.6 is 0 Å². The first kappa shape index (κ1) is 17.0. The number of nitrogens with zero attached hydrogens (tertiary/aromatic N) is 2. The lowest BCUT2D eigenvalue weighted by Crippen LogP contribution is -2.14. The minimum Gasteiger partial charge on any atom is -0.427 e. The van der Waals surface area contributed by atoms with Crippen molar-refractivity contribution in [2.24, 2.45) is 0 Å². The summed E-state index contributed by atoms with van der Waals surface area (Å²) in [4.78, 5) is 17.7. The van der Waals surface area contributed by atoms with Crippen LogP contribution in [-0.4, -0.2) is 17.5 Å². The molecule has 0 radical (unpaired) electrons. The van der Waals surface area contributed by atoms with Crippen LogP contribution in [0, 0.1) is 0 Å². The number of carbonyl (C=O) groups excluding carboxylic acids is 1. The molecule has 0 fully saturated rings. The molecule has 0 bridgehead atoms. The first-order valence-corrected chi connectivity index (χ1v) is 8.98. The fourth-order valence-electron chi connectivity index (χ4n) is 3.37. The molecule has 134 valence electrons. The number of hydrogen-bond acceptors (Lipinski definition) is 4. The molecule has 0 unspecified atom stereocenters. The molecule has 1 aromatic heterocycles. The Kier molecular flexibility index (Phi) is 4.71. The van der Waals surface area contributed by atoms with Crippen molar-refractivity contribution in [1.29, 1.82) is 0 Å². The highest BCUT2D eigenvalue weighted by atomic mass is 16.5. The van der Waals surface area contributed by atoms with Crippen molar-refractivity contribution in [2.45, 2.75) is 13.3 Å². The predicted molar refractivity (Wildman–Crippen MR) is 108 cm³/mol. The number of esters is 1. The van der Waals surface area contributed by atoms with E-state index in [1.54, 1.807) is 12.1 Å². The largest absolute Gasteiger partial charge is 0.427 e. The van der Waals surface area contributed by atoms with Gasteiger partial charge in [-0.2, -0.15) is 0 Å². The topological polar surface area (TPSA) is 42.4 Å². The van der Waals surface area contributed by atoms with Crippen LogP contribution in [0.1, 0.15) is 23.6 Å². The van der Waals surface area contributed by atoms with Crippen molar-refractivity contribution in [2.75, 3.05) is 11.4 Å². The second kappa shape index (κ2) is 7.46. The normalized spacial score (nSPS) is 13.0. The molecule has 0 aliphatic carbocycles. The molecular weight excluding hydrogens is 336 g/mol. The van der Waals surface area contributed by atoms with E-state index in [9.17, 15) is 4.79 Å². The number of pyridine rings is 1.